The summed E-state index contributed by atoms with van der Waals surface area (Å²) in [5.41, 5.74) is 6.11. The lowest BCUT2D eigenvalue weighted by molar-refractivity contribution is -0.122. The first-order valence-corrected chi connectivity index (χ1v) is 7.58. The molecule has 1 atom stereocenters. The number of hydrogen-bond acceptors (Lipinski definition) is 6. The number of methoxy groups -OCH3 is 1. The minimum atomic E-state index is -0.529. The van der Waals surface area contributed by atoms with E-state index in [0.29, 0.717) is 23.5 Å². The molecule has 6 nitrogen and oxygen atoms in total. The predicted molar refractivity (Wildman–Crippen MR) is 77.6 cm³/mol. The number of ether oxygens (including phenoxy) is 1. The summed E-state index contributed by atoms with van der Waals surface area (Å²) in [6.45, 7) is 1.87. The summed E-state index contributed by atoms with van der Waals surface area (Å²) in [6.07, 6.45) is 2.59. The van der Waals surface area contributed by atoms with E-state index >= 15 is 0 Å². The Morgan fingerprint density at radius 2 is 2.25 bits per heavy atom. The third kappa shape index (κ3) is 4.57. The van der Waals surface area contributed by atoms with Crippen molar-refractivity contribution in [3.05, 3.63) is 23.2 Å². The van der Waals surface area contributed by atoms with Crippen molar-refractivity contribution in [3.63, 3.8) is 0 Å². The maximum absolute atomic E-state index is 11.7. The van der Waals surface area contributed by atoms with E-state index in [9.17, 15) is 9.59 Å². The van der Waals surface area contributed by atoms with Crippen LogP contribution in [-0.2, 0) is 16.1 Å². The number of hydrogen-bond donors (Lipinski definition) is 2. The lowest BCUT2D eigenvalue weighted by Crippen LogP contribution is -2.40. The van der Waals surface area contributed by atoms with Crippen LogP contribution >= 0.6 is 11.8 Å². The molecule has 0 aliphatic rings. The van der Waals surface area contributed by atoms with Crippen LogP contribution in [-0.4, -0.2) is 37.0 Å². The summed E-state index contributed by atoms with van der Waals surface area (Å²) < 4.78 is 10.0. The molecule has 0 radical (unpaired) electrons. The van der Waals surface area contributed by atoms with E-state index in [1.54, 1.807) is 24.8 Å². The Hall–Kier alpha value is -1.47. The minimum Gasteiger partial charge on any atom is -0.465 e. The van der Waals surface area contributed by atoms with Crippen LogP contribution in [0.5, 0.6) is 0 Å². The molecule has 0 fully saturated rings. The zero-order chi connectivity index (χ0) is 15.1. The molecule has 0 bridgehead atoms. The lowest BCUT2D eigenvalue weighted by atomic mass is 10.2. The van der Waals surface area contributed by atoms with E-state index in [1.165, 1.54) is 7.11 Å². The van der Waals surface area contributed by atoms with Crippen molar-refractivity contribution < 1.29 is 18.7 Å². The van der Waals surface area contributed by atoms with Crippen LogP contribution in [0.1, 0.15) is 28.3 Å². The number of nitrogens with one attached hydrogen (secondary N) is 1. The van der Waals surface area contributed by atoms with Crippen molar-refractivity contribution in [2.24, 2.45) is 5.73 Å². The number of thioether (sulfide) groups is 1. The van der Waals surface area contributed by atoms with Crippen LogP contribution in [0.15, 0.2) is 10.5 Å². The van der Waals surface area contributed by atoms with Gasteiger partial charge in [-0.05, 0) is 31.4 Å². The number of amides is 1. The highest BCUT2D eigenvalue weighted by molar-refractivity contribution is 7.98. The van der Waals surface area contributed by atoms with Gasteiger partial charge < -0.3 is 20.2 Å². The summed E-state index contributed by atoms with van der Waals surface area (Å²) in [5.74, 6) is 1.11. The highest BCUT2D eigenvalue weighted by Crippen LogP contribution is 2.15. The molecule has 0 saturated carbocycles. The van der Waals surface area contributed by atoms with E-state index in [0.717, 1.165) is 5.75 Å². The Balaban J connectivity index is 2.53. The van der Waals surface area contributed by atoms with Crippen LogP contribution < -0.4 is 11.1 Å². The fourth-order valence-electron chi connectivity index (χ4n) is 1.62. The van der Waals surface area contributed by atoms with Crippen molar-refractivity contribution in [2.45, 2.75) is 25.9 Å². The highest BCUT2D eigenvalue weighted by Gasteiger charge is 2.17. The van der Waals surface area contributed by atoms with Crippen LogP contribution in [0.4, 0.5) is 0 Å². The number of esters is 1. The number of aryl methyl sites for hydroxylation is 1. The Morgan fingerprint density at radius 1 is 1.55 bits per heavy atom. The van der Waals surface area contributed by atoms with Gasteiger partial charge in [0.05, 0.1) is 19.7 Å². The van der Waals surface area contributed by atoms with Crippen molar-refractivity contribution >= 4 is 23.6 Å². The first-order valence-electron chi connectivity index (χ1n) is 6.19. The molecular formula is C13H20N2O4S. The molecule has 1 rings (SSSR count). The molecule has 3 N–H and O–H groups in total. The SMILES string of the molecule is COC(=O)c1cc(CNC(=O)[C@@H](N)CCSC)oc1C. The number of carbonyl (C=O) groups is 2. The van der Waals surface area contributed by atoms with E-state index < -0.39 is 12.0 Å². The molecule has 0 aromatic carbocycles. The quantitative estimate of drug-likeness (QED) is 0.732. The topological polar surface area (TPSA) is 94.6 Å². The van der Waals surface area contributed by atoms with Gasteiger partial charge in [0.25, 0.3) is 0 Å². The number of rotatable bonds is 7. The number of nitrogens with two attached hydrogens (primary N) is 1. The zero-order valence-corrected chi connectivity index (χ0v) is 12.7. The smallest absolute Gasteiger partial charge is 0.341 e. The third-order valence-corrected chi connectivity index (χ3v) is 3.42. The van der Waals surface area contributed by atoms with Gasteiger partial charge in [-0.15, -0.1) is 0 Å². The van der Waals surface area contributed by atoms with Crippen molar-refractivity contribution in [3.8, 4) is 0 Å². The summed E-state index contributed by atoms with van der Waals surface area (Å²) in [4.78, 5) is 23.1. The second-order valence-corrected chi connectivity index (χ2v) is 5.27. The van der Waals surface area contributed by atoms with Gasteiger partial charge in [0.2, 0.25) is 5.91 Å². The molecule has 1 amide bonds. The first kappa shape index (κ1) is 16.6. The van der Waals surface area contributed by atoms with E-state index in [4.69, 9.17) is 10.2 Å². The second-order valence-electron chi connectivity index (χ2n) is 4.28. The number of carbonyl (C=O) groups excluding carboxylic acids is 2. The molecule has 1 aromatic rings. The van der Waals surface area contributed by atoms with Crippen LogP contribution in [0, 0.1) is 6.92 Å². The Labute approximate surface area is 122 Å². The predicted octanol–water partition coefficient (Wildman–Crippen LogP) is 1.07. The monoisotopic (exact) mass is 300 g/mol. The molecule has 0 aliphatic carbocycles. The van der Waals surface area contributed by atoms with Crippen LogP contribution in [0.3, 0.4) is 0 Å². The van der Waals surface area contributed by atoms with Crippen LogP contribution in [0.2, 0.25) is 0 Å². The fourth-order valence-corrected chi connectivity index (χ4v) is 2.11. The normalized spacial score (nSPS) is 12.0. The molecule has 0 aliphatic heterocycles. The van der Waals surface area contributed by atoms with E-state index in [1.807, 2.05) is 6.26 Å². The van der Waals surface area contributed by atoms with Crippen molar-refractivity contribution in [1.29, 1.82) is 0 Å². The summed E-state index contributed by atoms with van der Waals surface area (Å²) >= 11 is 1.64. The highest BCUT2D eigenvalue weighted by atomic mass is 32.2. The van der Waals surface area contributed by atoms with Crippen molar-refractivity contribution in [2.75, 3.05) is 19.1 Å². The summed E-state index contributed by atoms with van der Waals surface area (Å²) in [7, 11) is 1.31. The molecular weight excluding hydrogens is 280 g/mol. The molecule has 0 unspecified atom stereocenters. The Morgan fingerprint density at radius 3 is 2.85 bits per heavy atom. The summed E-state index contributed by atoms with van der Waals surface area (Å²) in [6, 6.07) is 1.04. The molecule has 112 valence electrons. The first-order chi connectivity index (χ1) is 9.49. The molecule has 0 saturated heterocycles. The van der Waals surface area contributed by atoms with Gasteiger partial charge in [0, 0.05) is 0 Å². The molecule has 7 heteroatoms. The lowest BCUT2D eigenvalue weighted by Gasteiger charge is -2.10. The van der Waals surface area contributed by atoms with Crippen LogP contribution in [0.25, 0.3) is 0 Å². The van der Waals surface area contributed by atoms with Gasteiger partial charge in [-0.2, -0.15) is 11.8 Å². The Bertz CT molecular complexity index is 473. The Kier molecular flexibility index (Phi) is 6.60. The molecule has 1 aromatic heterocycles. The largest absolute Gasteiger partial charge is 0.465 e. The van der Waals surface area contributed by atoms with Gasteiger partial charge in [-0.3, -0.25) is 4.79 Å². The minimum absolute atomic E-state index is 0.198. The van der Waals surface area contributed by atoms with Crippen molar-refractivity contribution in [1.82, 2.24) is 5.32 Å². The zero-order valence-electron chi connectivity index (χ0n) is 11.9. The maximum atomic E-state index is 11.7. The molecule has 20 heavy (non-hydrogen) atoms. The molecule has 1 heterocycles. The van der Waals surface area contributed by atoms with E-state index in [-0.39, 0.29) is 12.5 Å². The average molecular weight is 300 g/mol. The maximum Gasteiger partial charge on any atom is 0.341 e. The second kappa shape index (κ2) is 7.96. The van der Waals surface area contributed by atoms with E-state index in [2.05, 4.69) is 10.1 Å². The third-order valence-electron chi connectivity index (χ3n) is 2.78. The van der Waals surface area contributed by atoms with Gasteiger partial charge >= 0.3 is 5.97 Å². The number of furan rings is 1. The molecule has 0 spiro atoms. The van der Waals surface area contributed by atoms with Gasteiger partial charge in [0.15, 0.2) is 0 Å². The standard InChI is InChI=1S/C13H20N2O4S/c1-8-10(13(17)18-2)6-9(19-8)7-15-12(16)11(14)4-5-20-3/h6,11H,4-5,7,14H2,1-3H3,(H,15,16)/t11-/m0/s1. The summed E-state index contributed by atoms with van der Waals surface area (Å²) in [5, 5.41) is 2.69. The average Bonchev–Trinajstić information content (AvgIpc) is 2.82. The fraction of sp³-hybridized carbons (Fsp3) is 0.538. The van der Waals surface area contributed by atoms with Gasteiger partial charge in [-0.25, -0.2) is 4.79 Å². The van der Waals surface area contributed by atoms with Gasteiger partial charge in [0.1, 0.15) is 17.1 Å². The van der Waals surface area contributed by atoms with Gasteiger partial charge in [-0.1, -0.05) is 0 Å².